The van der Waals surface area contributed by atoms with Gasteiger partial charge in [-0.15, -0.1) is 24.0 Å². The zero-order chi connectivity index (χ0) is 18.9. The lowest BCUT2D eigenvalue weighted by Gasteiger charge is -2.26. The van der Waals surface area contributed by atoms with Crippen LogP contribution >= 0.6 is 35.7 Å². The SMILES string of the molecule is CCNC(=NCc1cccc(C(=O)N2CCCCC2)c1)NCC1CCCS1.I. The predicted octanol–water partition coefficient (Wildman–Crippen LogP) is 3.88. The van der Waals surface area contributed by atoms with E-state index in [0.717, 1.165) is 56.1 Å². The van der Waals surface area contributed by atoms with E-state index < -0.39 is 0 Å². The molecule has 28 heavy (non-hydrogen) atoms. The van der Waals surface area contributed by atoms with Gasteiger partial charge in [0.1, 0.15) is 0 Å². The number of likely N-dealkylation sites (tertiary alicyclic amines) is 1. The van der Waals surface area contributed by atoms with Gasteiger partial charge >= 0.3 is 0 Å². The predicted molar refractivity (Wildman–Crippen MR) is 130 cm³/mol. The summed E-state index contributed by atoms with van der Waals surface area (Å²) in [4.78, 5) is 19.4. The van der Waals surface area contributed by atoms with Crippen LogP contribution in [0.4, 0.5) is 0 Å². The summed E-state index contributed by atoms with van der Waals surface area (Å²) < 4.78 is 0. The Morgan fingerprint density at radius 1 is 1.21 bits per heavy atom. The van der Waals surface area contributed by atoms with Crippen LogP contribution in [0.5, 0.6) is 0 Å². The van der Waals surface area contributed by atoms with Crippen LogP contribution < -0.4 is 10.6 Å². The molecule has 1 aromatic rings. The Bertz CT molecular complexity index is 643. The van der Waals surface area contributed by atoms with Crippen molar-refractivity contribution in [3.63, 3.8) is 0 Å². The Labute approximate surface area is 190 Å². The first-order valence-corrected chi connectivity index (χ1v) is 11.3. The molecule has 1 atom stereocenters. The fraction of sp³-hybridized carbons (Fsp3) is 0.619. The summed E-state index contributed by atoms with van der Waals surface area (Å²) in [5.41, 5.74) is 1.86. The molecule has 2 fully saturated rings. The molecule has 0 aromatic heterocycles. The number of piperidine rings is 1. The highest BCUT2D eigenvalue weighted by atomic mass is 127. The molecular weight excluding hydrogens is 483 g/mol. The van der Waals surface area contributed by atoms with Gasteiger partial charge in [-0.2, -0.15) is 11.8 Å². The number of benzene rings is 1. The van der Waals surface area contributed by atoms with Crippen LogP contribution in [-0.2, 0) is 6.54 Å². The second kappa shape index (κ2) is 12.6. The molecule has 2 aliphatic rings. The van der Waals surface area contributed by atoms with E-state index in [9.17, 15) is 4.79 Å². The highest BCUT2D eigenvalue weighted by Crippen LogP contribution is 2.25. The van der Waals surface area contributed by atoms with Crippen LogP contribution in [0.3, 0.4) is 0 Å². The lowest BCUT2D eigenvalue weighted by Crippen LogP contribution is -2.40. The average Bonchev–Trinajstić information content (AvgIpc) is 3.24. The van der Waals surface area contributed by atoms with Crippen molar-refractivity contribution < 1.29 is 4.79 Å². The summed E-state index contributed by atoms with van der Waals surface area (Å²) in [6.45, 7) is 6.23. The third-order valence-electron chi connectivity index (χ3n) is 5.10. The molecule has 2 saturated heterocycles. The zero-order valence-electron chi connectivity index (χ0n) is 16.8. The number of hydrogen-bond donors (Lipinski definition) is 2. The van der Waals surface area contributed by atoms with Gasteiger partial charge in [0.15, 0.2) is 5.96 Å². The molecule has 0 saturated carbocycles. The summed E-state index contributed by atoms with van der Waals surface area (Å²) >= 11 is 2.05. The van der Waals surface area contributed by atoms with Crippen molar-refractivity contribution in [2.75, 3.05) is 31.9 Å². The number of carbonyl (C=O) groups is 1. The normalized spacial score (nSPS) is 19.8. The van der Waals surface area contributed by atoms with Gasteiger partial charge in [-0.1, -0.05) is 12.1 Å². The number of amides is 1. The largest absolute Gasteiger partial charge is 0.357 e. The first-order valence-electron chi connectivity index (χ1n) is 10.3. The average molecular weight is 516 g/mol. The molecule has 156 valence electrons. The van der Waals surface area contributed by atoms with Gasteiger partial charge in [-0.25, -0.2) is 4.99 Å². The first-order chi connectivity index (χ1) is 13.3. The van der Waals surface area contributed by atoms with E-state index in [2.05, 4.69) is 17.6 Å². The lowest BCUT2D eigenvalue weighted by molar-refractivity contribution is 0.0724. The Kier molecular flexibility index (Phi) is 10.5. The van der Waals surface area contributed by atoms with Crippen molar-refractivity contribution in [1.82, 2.24) is 15.5 Å². The van der Waals surface area contributed by atoms with Crippen molar-refractivity contribution in [2.45, 2.75) is 50.8 Å². The number of guanidine groups is 1. The minimum Gasteiger partial charge on any atom is -0.357 e. The van der Waals surface area contributed by atoms with E-state index in [4.69, 9.17) is 4.99 Å². The lowest BCUT2D eigenvalue weighted by atomic mass is 10.1. The summed E-state index contributed by atoms with van der Waals surface area (Å²) in [7, 11) is 0. The van der Waals surface area contributed by atoms with E-state index in [-0.39, 0.29) is 29.9 Å². The third-order valence-corrected chi connectivity index (χ3v) is 6.50. The molecule has 3 rings (SSSR count). The summed E-state index contributed by atoms with van der Waals surface area (Å²) in [6.07, 6.45) is 6.08. The maximum Gasteiger partial charge on any atom is 0.253 e. The highest BCUT2D eigenvalue weighted by molar-refractivity contribution is 14.0. The monoisotopic (exact) mass is 516 g/mol. The third kappa shape index (κ3) is 7.13. The molecule has 7 heteroatoms. The molecule has 0 radical (unpaired) electrons. The van der Waals surface area contributed by atoms with Crippen molar-refractivity contribution in [1.29, 1.82) is 0 Å². The Balaban J connectivity index is 0.00000280. The molecule has 1 unspecified atom stereocenters. The first kappa shape index (κ1) is 23.3. The van der Waals surface area contributed by atoms with Gasteiger partial charge in [0.2, 0.25) is 0 Å². The zero-order valence-corrected chi connectivity index (χ0v) is 19.9. The molecule has 2 heterocycles. The van der Waals surface area contributed by atoms with Gasteiger partial charge in [-0.3, -0.25) is 4.79 Å². The van der Waals surface area contributed by atoms with Crippen LogP contribution in [0.25, 0.3) is 0 Å². The van der Waals surface area contributed by atoms with E-state index in [1.807, 2.05) is 40.9 Å². The summed E-state index contributed by atoms with van der Waals surface area (Å²) in [5, 5.41) is 7.48. The fourth-order valence-electron chi connectivity index (χ4n) is 3.61. The number of carbonyl (C=O) groups excluding carboxylic acids is 1. The Morgan fingerprint density at radius 2 is 2.04 bits per heavy atom. The van der Waals surface area contributed by atoms with Crippen LogP contribution in [0.1, 0.15) is 54.9 Å². The van der Waals surface area contributed by atoms with Crippen molar-refractivity contribution in [2.24, 2.45) is 4.99 Å². The molecule has 0 bridgehead atoms. The van der Waals surface area contributed by atoms with Gasteiger partial charge < -0.3 is 15.5 Å². The minimum atomic E-state index is 0. The van der Waals surface area contributed by atoms with Crippen LogP contribution in [0, 0.1) is 0 Å². The quantitative estimate of drug-likeness (QED) is 0.343. The molecule has 5 nitrogen and oxygen atoms in total. The van der Waals surface area contributed by atoms with Gasteiger partial charge in [0.05, 0.1) is 6.54 Å². The maximum atomic E-state index is 12.7. The smallest absolute Gasteiger partial charge is 0.253 e. The Morgan fingerprint density at radius 3 is 2.75 bits per heavy atom. The van der Waals surface area contributed by atoms with Crippen LogP contribution in [0.2, 0.25) is 0 Å². The second-order valence-electron chi connectivity index (χ2n) is 7.26. The van der Waals surface area contributed by atoms with Crippen molar-refractivity contribution in [3.05, 3.63) is 35.4 Å². The molecule has 2 N–H and O–H groups in total. The number of nitrogens with one attached hydrogen (secondary N) is 2. The van der Waals surface area contributed by atoms with Crippen LogP contribution in [0.15, 0.2) is 29.3 Å². The van der Waals surface area contributed by atoms with E-state index >= 15 is 0 Å². The van der Waals surface area contributed by atoms with E-state index in [1.165, 1.54) is 25.0 Å². The number of hydrogen-bond acceptors (Lipinski definition) is 3. The molecule has 0 spiro atoms. The molecular formula is C21H33IN4OS. The number of thioether (sulfide) groups is 1. The van der Waals surface area contributed by atoms with E-state index in [0.29, 0.717) is 11.8 Å². The number of rotatable bonds is 6. The molecule has 1 aromatic carbocycles. The van der Waals surface area contributed by atoms with Gasteiger partial charge in [0, 0.05) is 37.0 Å². The van der Waals surface area contributed by atoms with Gasteiger partial charge in [-0.05, 0) is 62.5 Å². The number of aliphatic imine (C=N–C) groups is 1. The number of nitrogens with zero attached hydrogens (tertiary/aromatic N) is 2. The van der Waals surface area contributed by atoms with E-state index in [1.54, 1.807) is 0 Å². The van der Waals surface area contributed by atoms with Crippen molar-refractivity contribution in [3.8, 4) is 0 Å². The van der Waals surface area contributed by atoms with Gasteiger partial charge in [0.25, 0.3) is 5.91 Å². The summed E-state index contributed by atoms with van der Waals surface area (Å²) in [5.74, 6) is 2.29. The highest BCUT2D eigenvalue weighted by Gasteiger charge is 2.18. The maximum absolute atomic E-state index is 12.7. The number of halogens is 1. The van der Waals surface area contributed by atoms with Crippen LogP contribution in [-0.4, -0.2) is 53.9 Å². The minimum absolute atomic E-state index is 0. The Hall–Kier alpha value is -0.960. The topological polar surface area (TPSA) is 56.7 Å². The summed E-state index contributed by atoms with van der Waals surface area (Å²) in [6, 6.07) is 7.94. The second-order valence-corrected chi connectivity index (χ2v) is 8.67. The molecule has 0 aliphatic carbocycles. The molecule has 1 amide bonds. The molecule has 2 aliphatic heterocycles. The fourth-order valence-corrected chi connectivity index (χ4v) is 4.81. The standard InChI is InChI=1S/C21H32N4OS.HI/c1-2-22-21(24-16-19-10-7-13-27-19)23-15-17-8-6-9-18(14-17)20(26)25-11-4-3-5-12-25;/h6,8-9,14,19H,2-5,7,10-13,15-16H2,1H3,(H2,22,23,24);1H. The van der Waals surface area contributed by atoms with Crippen molar-refractivity contribution >= 4 is 47.6 Å².